The number of rotatable bonds is 2. The highest BCUT2D eigenvalue weighted by Gasteiger charge is 2.27. The van der Waals surface area contributed by atoms with Crippen molar-refractivity contribution in [3.63, 3.8) is 0 Å². The third kappa shape index (κ3) is 2.04. The van der Waals surface area contributed by atoms with Gasteiger partial charge in [0.2, 0.25) is 0 Å². The van der Waals surface area contributed by atoms with Crippen LogP contribution in [-0.4, -0.2) is 10.1 Å². The predicted octanol–water partition coefficient (Wildman–Crippen LogP) is 3.05. The van der Waals surface area contributed by atoms with E-state index in [1.54, 1.807) is 31.5 Å². The first kappa shape index (κ1) is 10.6. The van der Waals surface area contributed by atoms with Crippen LogP contribution in [0, 0.1) is 0 Å². The highest BCUT2D eigenvalue weighted by molar-refractivity contribution is 7.16. The summed E-state index contributed by atoms with van der Waals surface area (Å²) in [7, 11) is 0. The SMILES string of the molecule is CC(O)(c1cccnc1)c1ccc(Cl)s1. The van der Waals surface area contributed by atoms with E-state index >= 15 is 0 Å². The quantitative estimate of drug-likeness (QED) is 0.874. The molecular weight excluding hydrogens is 230 g/mol. The van der Waals surface area contributed by atoms with Gasteiger partial charge in [-0.25, -0.2) is 0 Å². The lowest BCUT2D eigenvalue weighted by atomic mass is 9.96. The lowest BCUT2D eigenvalue weighted by Crippen LogP contribution is -2.21. The highest BCUT2D eigenvalue weighted by Crippen LogP contribution is 2.35. The summed E-state index contributed by atoms with van der Waals surface area (Å²) in [4.78, 5) is 4.81. The minimum absolute atomic E-state index is 0.675. The van der Waals surface area contributed by atoms with E-state index < -0.39 is 5.60 Å². The van der Waals surface area contributed by atoms with Crippen molar-refractivity contribution in [3.05, 3.63) is 51.4 Å². The molecule has 0 saturated heterocycles. The zero-order chi connectivity index (χ0) is 10.9. The molecule has 1 unspecified atom stereocenters. The van der Waals surface area contributed by atoms with E-state index in [2.05, 4.69) is 4.98 Å². The molecule has 0 fully saturated rings. The van der Waals surface area contributed by atoms with Gasteiger partial charge in [0, 0.05) is 22.8 Å². The summed E-state index contributed by atoms with van der Waals surface area (Å²) >= 11 is 7.22. The molecule has 2 aromatic heterocycles. The molecule has 0 aliphatic rings. The van der Waals surface area contributed by atoms with Gasteiger partial charge >= 0.3 is 0 Å². The fraction of sp³-hybridized carbons (Fsp3) is 0.182. The Kier molecular flexibility index (Phi) is 2.78. The van der Waals surface area contributed by atoms with Crippen molar-refractivity contribution in [2.24, 2.45) is 0 Å². The van der Waals surface area contributed by atoms with Crippen LogP contribution >= 0.6 is 22.9 Å². The fourth-order valence-corrected chi connectivity index (χ4v) is 2.48. The first-order valence-corrected chi connectivity index (χ1v) is 5.69. The van der Waals surface area contributed by atoms with E-state index in [9.17, 15) is 5.11 Å². The minimum atomic E-state index is -1.02. The van der Waals surface area contributed by atoms with Crippen LogP contribution in [0.5, 0.6) is 0 Å². The molecule has 0 saturated carbocycles. The Labute approximate surface area is 97.2 Å². The molecule has 2 heterocycles. The summed E-state index contributed by atoms with van der Waals surface area (Å²) < 4.78 is 0.675. The Morgan fingerprint density at radius 3 is 2.73 bits per heavy atom. The first-order valence-electron chi connectivity index (χ1n) is 4.49. The molecule has 0 radical (unpaired) electrons. The van der Waals surface area contributed by atoms with Gasteiger partial charge in [-0.15, -0.1) is 11.3 Å². The summed E-state index contributed by atoms with van der Waals surface area (Å²) in [5, 5.41) is 10.4. The zero-order valence-corrected chi connectivity index (χ0v) is 9.72. The van der Waals surface area contributed by atoms with Crippen LogP contribution < -0.4 is 0 Å². The van der Waals surface area contributed by atoms with Crippen LogP contribution in [0.4, 0.5) is 0 Å². The van der Waals surface area contributed by atoms with E-state index in [1.165, 1.54) is 11.3 Å². The Bertz CT molecular complexity index is 453. The van der Waals surface area contributed by atoms with Crippen LogP contribution in [0.2, 0.25) is 4.34 Å². The average molecular weight is 240 g/mol. The lowest BCUT2D eigenvalue weighted by molar-refractivity contribution is 0.106. The molecule has 1 atom stereocenters. The molecule has 0 bridgehead atoms. The third-order valence-electron chi connectivity index (χ3n) is 2.28. The number of thiophene rings is 1. The fourth-order valence-electron chi connectivity index (χ4n) is 1.37. The average Bonchev–Trinajstić information content (AvgIpc) is 2.67. The standard InChI is InChI=1S/C11H10ClNOS/c1-11(14,8-3-2-6-13-7-8)9-4-5-10(12)15-9/h2-7,14H,1H3. The van der Waals surface area contributed by atoms with E-state index in [4.69, 9.17) is 11.6 Å². The number of aromatic nitrogens is 1. The largest absolute Gasteiger partial charge is 0.380 e. The van der Waals surface area contributed by atoms with Gasteiger partial charge in [-0.2, -0.15) is 0 Å². The maximum Gasteiger partial charge on any atom is 0.122 e. The van der Waals surface area contributed by atoms with Crippen LogP contribution in [0.15, 0.2) is 36.7 Å². The smallest absolute Gasteiger partial charge is 0.122 e. The topological polar surface area (TPSA) is 33.1 Å². The summed E-state index contributed by atoms with van der Waals surface area (Å²) in [6.45, 7) is 1.74. The Balaban J connectivity index is 2.43. The lowest BCUT2D eigenvalue weighted by Gasteiger charge is -2.21. The van der Waals surface area contributed by atoms with Crippen molar-refractivity contribution in [3.8, 4) is 0 Å². The van der Waals surface area contributed by atoms with Crippen molar-refractivity contribution >= 4 is 22.9 Å². The monoisotopic (exact) mass is 239 g/mol. The normalized spacial score (nSPS) is 14.9. The number of hydrogen-bond acceptors (Lipinski definition) is 3. The van der Waals surface area contributed by atoms with E-state index in [1.807, 2.05) is 12.1 Å². The number of hydrogen-bond donors (Lipinski definition) is 1. The second-order valence-electron chi connectivity index (χ2n) is 3.42. The Morgan fingerprint density at radius 1 is 1.40 bits per heavy atom. The second-order valence-corrected chi connectivity index (χ2v) is 5.13. The summed E-state index contributed by atoms with van der Waals surface area (Å²) in [6, 6.07) is 7.27. The Morgan fingerprint density at radius 2 is 2.20 bits per heavy atom. The van der Waals surface area contributed by atoms with Gasteiger partial charge in [0.25, 0.3) is 0 Å². The van der Waals surface area contributed by atoms with Crippen LogP contribution in [0.25, 0.3) is 0 Å². The molecule has 1 N–H and O–H groups in total. The maximum atomic E-state index is 10.4. The van der Waals surface area contributed by atoms with Crippen LogP contribution in [0.1, 0.15) is 17.4 Å². The van der Waals surface area contributed by atoms with Crippen LogP contribution in [-0.2, 0) is 5.60 Å². The number of aliphatic hydroxyl groups is 1. The van der Waals surface area contributed by atoms with Crippen molar-refractivity contribution < 1.29 is 5.11 Å². The summed E-state index contributed by atoms with van der Waals surface area (Å²) in [5.41, 5.74) is -0.255. The van der Waals surface area contributed by atoms with Gasteiger partial charge < -0.3 is 5.11 Å². The van der Waals surface area contributed by atoms with Gasteiger partial charge in [0.1, 0.15) is 5.60 Å². The molecule has 0 aliphatic carbocycles. The predicted molar refractivity (Wildman–Crippen MR) is 62.2 cm³/mol. The van der Waals surface area contributed by atoms with Gasteiger partial charge in [-0.3, -0.25) is 4.98 Å². The van der Waals surface area contributed by atoms with Gasteiger partial charge in [0.05, 0.1) is 4.34 Å². The molecule has 2 aromatic rings. The van der Waals surface area contributed by atoms with Crippen molar-refractivity contribution in [1.82, 2.24) is 4.98 Å². The van der Waals surface area contributed by atoms with Crippen molar-refractivity contribution in [2.75, 3.05) is 0 Å². The summed E-state index contributed by atoms with van der Waals surface area (Å²) in [6.07, 6.45) is 3.34. The number of nitrogens with zero attached hydrogens (tertiary/aromatic N) is 1. The zero-order valence-electron chi connectivity index (χ0n) is 8.14. The van der Waals surface area contributed by atoms with Gasteiger partial charge in [-0.1, -0.05) is 17.7 Å². The maximum absolute atomic E-state index is 10.4. The second kappa shape index (κ2) is 3.93. The minimum Gasteiger partial charge on any atom is -0.380 e. The molecule has 0 aromatic carbocycles. The van der Waals surface area contributed by atoms with Gasteiger partial charge in [0.15, 0.2) is 0 Å². The molecule has 78 valence electrons. The third-order valence-corrected chi connectivity index (χ3v) is 3.72. The van der Waals surface area contributed by atoms with E-state index in [0.29, 0.717) is 4.34 Å². The van der Waals surface area contributed by atoms with E-state index in [0.717, 1.165) is 10.4 Å². The molecule has 2 nitrogen and oxygen atoms in total. The van der Waals surface area contributed by atoms with Crippen molar-refractivity contribution in [2.45, 2.75) is 12.5 Å². The van der Waals surface area contributed by atoms with Crippen molar-refractivity contribution in [1.29, 1.82) is 0 Å². The first-order chi connectivity index (χ1) is 7.10. The molecule has 0 aliphatic heterocycles. The molecular formula is C11H10ClNOS. The molecule has 0 amide bonds. The number of halogens is 1. The molecule has 0 spiro atoms. The van der Waals surface area contributed by atoms with Gasteiger partial charge in [-0.05, 0) is 25.1 Å². The summed E-state index contributed by atoms with van der Waals surface area (Å²) in [5.74, 6) is 0. The highest BCUT2D eigenvalue weighted by atomic mass is 35.5. The number of pyridine rings is 1. The molecule has 4 heteroatoms. The van der Waals surface area contributed by atoms with Crippen LogP contribution in [0.3, 0.4) is 0 Å². The molecule has 2 rings (SSSR count). The van der Waals surface area contributed by atoms with E-state index in [-0.39, 0.29) is 0 Å². The Hall–Kier alpha value is -0.900. The molecule has 15 heavy (non-hydrogen) atoms.